The maximum absolute atomic E-state index is 14.0. The number of methoxy groups -OCH3 is 1. The zero-order valence-electron chi connectivity index (χ0n) is 30.7. The van der Waals surface area contributed by atoms with Crippen molar-refractivity contribution >= 4 is 5.78 Å². The van der Waals surface area contributed by atoms with E-state index in [1.807, 2.05) is 0 Å². The van der Waals surface area contributed by atoms with Crippen LogP contribution in [0.1, 0.15) is 90.4 Å². The fourth-order valence-electron chi connectivity index (χ4n) is 11.3. The lowest BCUT2D eigenvalue weighted by atomic mass is 9.81. The van der Waals surface area contributed by atoms with E-state index in [4.69, 9.17) is 42.6 Å². The number of aliphatic hydroxyl groups excluding tert-OH is 2. The predicted molar refractivity (Wildman–Crippen MR) is 184 cm³/mol. The molecule has 10 saturated heterocycles. The summed E-state index contributed by atoms with van der Waals surface area (Å²) in [7, 11) is 1.63. The van der Waals surface area contributed by atoms with E-state index in [-0.39, 0.29) is 123 Å². The van der Waals surface area contributed by atoms with Crippen molar-refractivity contribution in [2.24, 2.45) is 11.8 Å². The third kappa shape index (κ3) is 6.59. The number of ether oxygens (including phenoxy) is 9. The van der Waals surface area contributed by atoms with Gasteiger partial charge in [0.15, 0.2) is 5.79 Å². The lowest BCUT2D eigenvalue weighted by Gasteiger charge is -2.47. The summed E-state index contributed by atoms with van der Waals surface area (Å²) >= 11 is 0. The summed E-state index contributed by atoms with van der Waals surface area (Å²) in [5, 5.41) is 20.1. The first-order valence-corrected chi connectivity index (χ1v) is 20.1. The van der Waals surface area contributed by atoms with Crippen LogP contribution in [0.25, 0.3) is 0 Å². The van der Waals surface area contributed by atoms with Gasteiger partial charge in [-0.15, -0.1) is 0 Å². The molecule has 52 heavy (non-hydrogen) atoms. The number of hydrogen-bond acceptors (Lipinski definition) is 12. The predicted octanol–water partition coefficient (Wildman–Crippen LogP) is 3.47. The SMILES string of the molecule is C=C1C2CC3O[C@H](CC(O)CO)[C@H](OC)[C@H]3CC(=O)C[C@H]3CC[C@@H]4O[C@H]5C6O[C@]7(CC[C@H]8CC(=C)[C@H](CC[C@@H](C[C@H]1C)O2)O8)CC6OC5[C@@H](O7)[C@H]4O3. The summed E-state index contributed by atoms with van der Waals surface area (Å²) in [5.74, 6) is -0.709. The maximum atomic E-state index is 14.0. The normalized spacial score (nSPS) is 52.4. The van der Waals surface area contributed by atoms with Crippen molar-refractivity contribution in [2.75, 3.05) is 13.7 Å². The Morgan fingerprint density at radius 3 is 2.37 bits per heavy atom. The Kier molecular flexibility index (Phi) is 10.0. The molecule has 10 aliphatic heterocycles. The highest BCUT2D eigenvalue weighted by Gasteiger charge is 2.68. The van der Waals surface area contributed by atoms with Gasteiger partial charge in [0, 0.05) is 51.6 Å². The number of ketones is 1. The van der Waals surface area contributed by atoms with Gasteiger partial charge in [0.1, 0.15) is 36.3 Å². The molecule has 0 aliphatic carbocycles. The third-order valence-electron chi connectivity index (χ3n) is 13.9. The van der Waals surface area contributed by atoms with Gasteiger partial charge < -0.3 is 52.8 Å². The molecule has 0 saturated carbocycles. The Morgan fingerprint density at radius 2 is 1.54 bits per heavy atom. The van der Waals surface area contributed by atoms with Crippen LogP contribution < -0.4 is 0 Å². The summed E-state index contributed by atoms with van der Waals surface area (Å²) < 4.78 is 59.8. The second-order valence-electron chi connectivity index (χ2n) is 17.4. The first-order valence-electron chi connectivity index (χ1n) is 20.1. The smallest absolute Gasteiger partial charge is 0.172 e. The minimum absolute atomic E-state index is 0.0260. The fraction of sp³-hybridized carbons (Fsp3) is 0.875. The van der Waals surface area contributed by atoms with E-state index in [1.165, 1.54) is 0 Å². The van der Waals surface area contributed by atoms with Gasteiger partial charge in [-0.2, -0.15) is 0 Å². The number of aliphatic hydroxyl groups is 2. The molecule has 0 aromatic carbocycles. The molecular formula is C40H58O12. The number of Topliss-reactive ketones (excluding diaryl/α,β-unsaturated/α-hetero) is 1. The molecule has 0 aromatic heterocycles. The van der Waals surface area contributed by atoms with Crippen molar-refractivity contribution in [1.29, 1.82) is 0 Å². The van der Waals surface area contributed by atoms with E-state index in [0.29, 0.717) is 25.7 Å². The average Bonchev–Trinajstić information content (AvgIpc) is 3.79. The number of rotatable bonds is 4. The van der Waals surface area contributed by atoms with Crippen molar-refractivity contribution < 1.29 is 57.6 Å². The molecule has 19 atom stereocenters. The molecule has 2 N–H and O–H groups in total. The average molecular weight is 731 g/mol. The maximum Gasteiger partial charge on any atom is 0.172 e. The second-order valence-corrected chi connectivity index (χ2v) is 17.4. The zero-order valence-corrected chi connectivity index (χ0v) is 30.7. The summed E-state index contributed by atoms with van der Waals surface area (Å²) in [6.07, 6.45) is 4.01. The lowest BCUT2D eigenvalue weighted by molar-refractivity contribution is -0.292. The topological polar surface area (TPSA) is 141 Å². The molecule has 10 fully saturated rings. The van der Waals surface area contributed by atoms with Gasteiger partial charge >= 0.3 is 0 Å². The van der Waals surface area contributed by atoms with E-state index >= 15 is 0 Å². The van der Waals surface area contributed by atoms with Crippen LogP contribution in [0.5, 0.6) is 0 Å². The number of carbonyl (C=O) groups excluding carboxylic acids is 1. The fourth-order valence-corrected chi connectivity index (χ4v) is 11.3. The molecular weight excluding hydrogens is 672 g/mol. The van der Waals surface area contributed by atoms with Gasteiger partial charge in [-0.25, -0.2) is 0 Å². The largest absolute Gasteiger partial charge is 0.394 e. The van der Waals surface area contributed by atoms with E-state index in [0.717, 1.165) is 49.7 Å². The van der Waals surface area contributed by atoms with Gasteiger partial charge in [-0.05, 0) is 62.0 Å². The molecule has 0 aromatic rings. The second kappa shape index (κ2) is 14.3. The molecule has 290 valence electrons. The van der Waals surface area contributed by atoms with Gasteiger partial charge in [-0.3, -0.25) is 4.79 Å². The number of carbonyl (C=O) groups is 1. The van der Waals surface area contributed by atoms with Crippen molar-refractivity contribution in [3.8, 4) is 0 Å². The molecule has 12 bridgehead atoms. The third-order valence-corrected chi connectivity index (χ3v) is 13.9. The summed E-state index contributed by atoms with van der Waals surface area (Å²) in [6.45, 7) is 10.7. The molecule has 0 radical (unpaired) electrons. The molecule has 12 nitrogen and oxygen atoms in total. The van der Waals surface area contributed by atoms with Crippen molar-refractivity contribution in [1.82, 2.24) is 0 Å². The minimum atomic E-state index is -0.951. The number of hydrogen-bond donors (Lipinski definition) is 2. The Bertz CT molecular complexity index is 1370. The molecule has 6 unspecified atom stereocenters. The Balaban J connectivity index is 0.994. The number of fused-ring (bicyclic) bond motifs is 6. The van der Waals surface area contributed by atoms with Crippen LogP contribution in [0, 0.1) is 11.8 Å². The summed E-state index contributed by atoms with van der Waals surface area (Å²) in [5.41, 5.74) is 2.17. The van der Waals surface area contributed by atoms with Crippen molar-refractivity contribution in [3.05, 3.63) is 24.3 Å². The highest BCUT2D eigenvalue weighted by molar-refractivity contribution is 5.79. The van der Waals surface area contributed by atoms with E-state index < -0.39 is 24.1 Å². The standard InChI is InChI=1S/C40H58O12/c1-19-11-24-5-7-28-20(2)12-26(45-28)9-10-40-17-33-36(51-40)37-38(50-33)39(52-40)35-29(49-37)8-6-25(47-35)13-22(42)14-27-31(16-30(46-24)21(19)3)48-32(34(27)44-4)15-23(43)18-41/h19,23-39,41,43H,2-3,5-18H2,1,4H3/t19-,23?,24+,25-,26+,27+,28+,29+,30?,31?,32-,33?,34-,35+,36?,37+,38?,39+,40+/m1/s1. The van der Waals surface area contributed by atoms with Gasteiger partial charge in [0.05, 0.1) is 73.8 Å². The highest BCUT2D eigenvalue weighted by atomic mass is 16.8. The van der Waals surface area contributed by atoms with Crippen LogP contribution >= 0.6 is 0 Å². The van der Waals surface area contributed by atoms with Crippen LogP contribution in [0.15, 0.2) is 24.3 Å². The van der Waals surface area contributed by atoms with Gasteiger partial charge in [-0.1, -0.05) is 20.1 Å². The molecule has 10 aliphatic rings. The van der Waals surface area contributed by atoms with Crippen LogP contribution in [-0.2, 0) is 47.4 Å². The Hall–Kier alpha value is -1.29. The Labute approximate surface area is 306 Å². The molecule has 0 amide bonds. The van der Waals surface area contributed by atoms with Crippen LogP contribution in [0.4, 0.5) is 0 Å². The van der Waals surface area contributed by atoms with E-state index in [9.17, 15) is 15.0 Å². The Morgan fingerprint density at radius 1 is 0.788 bits per heavy atom. The molecule has 10 rings (SSSR count). The lowest BCUT2D eigenvalue weighted by Crippen LogP contribution is -2.61. The highest BCUT2D eigenvalue weighted by Crippen LogP contribution is 2.54. The minimum Gasteiger partial charge on any atom is -0.394 e. The van der Waals surface area contributed by atoms with Crippen molar-refractivity contribution in [3.63, 3.8) is 0 Å². The first-order chi connectivity index (χ1) is 25.1. The summed E-state index contributed by atoms with van der Waals surface area (Å²) in [4.78, 5) is 14.0. The summed E-state index contributed by atoms with van der Waals surface area (Å²) in [6, 6.07) is 0. The van der Waals surface area contributed by atoms with Gasteiger partial charge in [0.25, 0.3) is 0 Å². The molecule has 10 heterocycles. The monoisotopic (exact) mass is 730 g/mol. The van der Waals surface area contributed by atoms with Crippen LogP contribution in [-0.4, -0.2) is 133 Å². The van der Waals surface area contributed by atoms with Crippen LogP contribution in [0.2, 0.25) is 0 Å². The van der Waals surface area contributed by atoms with Gasteiger partial charge in [0.2, 0.25) is 0 Å². The first kappa shape index (κ1) is 36.4. The van der Waals surface area contributed by atoms with E-state index in [2.05, 4.69) is 20.1 Å². The van der Waals surface area contributed by atoms with Crippen LogP contribution in [0.3, 0.4) is 0 Å². The quantitative estimate of drug-likeness (QED) is 0.410. The zero-order chi connectivity index (χ0) is 35.9. The molecule has 12 heteroatoms. The van der Waals surface area contributed by atoms with E-state index in [1.54, 1.807) is 7.11 Å². The molecule has 1 spiro atoms. The van der Waals surface area contributed by atoms with Crippen molar-refractivity contribution in [2.45, 2.75) is 194 Å².